The molecule has 108 valence electrons. The Hall–Kier alpha value is -2.57. The average molecular weight is 279 g/mol. The molecule has 0 heterocycles. The molecule has 3 amide bonds. The van der Waals surface area contributed by atoms with Gasteiger partial charge in [0.05, 0.1) is 0 Å². The molecule has 3 N–H and O–H groups in total. The van der Waals surface area contributed by atoms with E-state index in [4.69, 9.17) is 10.8 Å². The quantitative estimate of drug-likeness (QED) is 0.791. The fraction of sp³-hybridized carbons (Fsp3) is 0.308. The standard InChI is InChI=1S/C13H17N3O4/c1-2-15(8-11(14)17)13(20)16(9-12(18)19)10-6-4-3-5-7-10/h3-7H,2,8-9H2,1H3,(H2,14,17)(H,18,19). The van der Waals surface area contributed by atoms with E-state index < -0.39 is 24.5 Å². The number of aliphatic carboxylic acids is 1. The number of carbonyl (C=O) groups is 3. The third kappa shape index (κ3) is 4.27. The van der Waals surface area contributed by atoms with Gasteiger partial charge in [-0.05, 0) is 19.1 Å². The maximum atomic E-state index is 12.3. The van der Waals surface area contributed by atoms with Crippen molar-refractivity contribution in [2.75, 3.05) is 24.5 Å². The van der Waals surface area contributed by atoms with Gasteiger partial charge in [0.2, 0.25) is 5.91 Å². The molecule has 7 heteroatoms. The summed E-state index contributed by atoms with van der Waals surface area (Å²) in [5.41, 5.74) is 5.53. The van der Waals surface area contributed by atoms with Crippen molar-refractivity contribution in [1.29, 1.82) is 0 Å². The highest BCUT2D eigenvalue weighted by Crippen LogP contribution is 2.15. The van der Waals surface area contributed by atoms with Gasteiger partial charge in [0.15, 0.2) is 0 Å². The minimum absolute atomic E-state index is 0.252. The zero-order valence-electron chi connectivity index (χ0n) is 11.2. The highest BCUT2D eigenvalue weighted by molar-refractivity contribution is 5.97. The van der Waals surface area contributed by atoms with E-state index >= 15 is 0 Å². The predicted octanol–water partition coefficient (Wildman–Crippen LogP) is 0.505. The number of likely N-dealkylation sites (N-methyl/N-ethyl adjacent to an activating group) is 1. The Kier molecular flexibility index (Phi) is 5.52. The predicted molar refractivity (Wildman–Crippen MR) is 73.3 cm³/mol. The number of carboxylic acid groups (broad SMARTS) is 1. The Morgan fingerprint density at radius 1 is 1.15 bits per heavy atom. The van der Waals surface area contributed by atoms with E-state index in [1.165, 1.54) is 4.90 Å². The maximum absolute atomic E-state index is 12.3. The first-order valence-electron chi connectivity index (χ1n) is 6.07. The van der Waals surface area contributed by atoms with Gasteiger partial charge in [-0.2, -0.15) is 0 Å². The van der Waals surface area contributed by atoms with E-state index in [2.05, 4.69) is 0 Å². The van der Waals surface area contributed by atoms with Crippen LogP contribution in [0.2, 0.25) is 0 Å². The average Bonchev–Trinajstić information content (AvgIpc) is 2.42. The number of benzene rings is 1. The number of nitrogens with zero attached hydrogens (tertiary/aromatic N) is 2. The van der Waals surface area contributed by atoms with Crippen LogP contribution in [0.3, 0.4) is 0 Å². The van der Waals surface area contributed by atoms with Crippen LogP contribution in [-0.2, 0) is 9.59 Å². The number of anilines is 1. The first-order valence-corrected chi connectivity index (χ1v) is 6.07. The minimum Gasteiger partial charge on any atom is -0.480 e. The van der Waals surface area contributed by atoms with Crippen molar-refractivity contribution in [1.82, 2.24) is 4.90 Å². The van der Waals surface area contributed by atoms with Crippen LogP contribution in [0.15, 0.2) is 30.3 Å². The lowest BCUT2D eigenvalue weighted by atomic mass is 10.3. The highest BCUT2D eigenvalue weighted by Gasteiger charge is 2.24. The molecule has 0 aromatic heterocycles. The largest absolute Gasteiger partial charge is 0.480 e. The fourth-order valence-corrected chi connectivity index (χ4v) is 1.69. The van der Waals surface area contributed by atoms with E-state index in [0.717, 1.165) is 4.90 Å². The Labute approximate surface area is 116 Å². The van der Waals surface area contributed by atoms with E-state index in [-0.39, 0.29) is 13.1 Å². The van der Waals surface area contributed by atoms with Gasteiger partial charge >= 0.3 is 12.0 Å². The SMILES string of the molecule is CCN(CC(N)=O)C(=O)N(CC(=O)O)c1ccccc1. The summed E-state index contributed by atoms with van der Waals surface area (Å²) in [7, 11) is 0. The lowest BCUT2D eigenvalue weighted by molar-refractivity contribution is -0.135. The highest BCUT2D eigenvalue weighted by atomic mass is 16.4. The zero-order chi connectivity index (χ0) is 15.1. The second kappa shape index (κ2) is 7.13. The van der Waals surface area contributed by atoms with Gasteiger partial charge < -0.3 is 15.7 Å². The van der Waals surface area contributed by atoms with Crippen LogP contribution in [0.25, 0.3) is 0 Å². The molecule has 7 nitrogen and oxygen atoms in total. The number of nitrogens with two attached hydrogens (primary N) is 1. The number of carbonyl (C=O) groups excluding carboxylic acids is 2. The van der Waals surface area contributed by atoms with Crippen LogP contribution in [-0.4, -0.2) is 47.5 Å². The summed E-state index contributed by atoms with van der Waals surface area (Å²) < 4.78 is 0. The summed E-state index contributed by atoms with van der Waals surface area (Å²) >= 11 is 0. The molecule has 0 bridgehead atoms. The third-order valence-electron chi connectivity index (χ3n) is 2.59. The summed E-state index contributed by atoms with van der Waals surface area (Å²) in [6, 6.07) is 7.83. The van der Waals surface area contributed by atoms with Crippen LogP contribution in [0, 0.1) is 0 Å². The van der Waals surface area contributed by atoms with Gasteiger partial charge in [-0.25, -0.2) is 4.79 Å². The lowest BCUT2D eigenvalue weighted by Crippen LogP contribution is -2.48. The van der Waals surface area contributed by atoms with Gasteiger partial charge in [-0.3, -0.25) is 14.5 Å². The molecular formula is C13H17N3O4. The number of rotatable bonds is 6. The number of amides is 3. The fourth-order valence-electron chi connectivity index (χ4n) is 1.69. The second-order valence-corrected chi connectivity index (χ2v) is 4.08. The van der Waals surface area contributed by atoms with E-state index in [0.29, 0.717) is 5.69 Å². The van der Waals surface area contributed by atoms with Crippen molar-refractivity contribution in [2.24, 2.45) is 5.73 Å². The molecule has 0 aliphatic carbocycles. The third-order valence-corrected chi connectivity index (χ3v) is 2.59. The summed E-state index contributed by atoms with van der Waals surface area (Å²) in [5.74, 6) is -1.79. The van der Waals surface area contributed by atoms with Crippen molar-refractivity contribution in [2.45, 2.75) is 6.92 Å². The van der Waals surface area contributed by atoms with Crippen LogP contribution in [0.1, 0.15) is 6.92 Å². The molecular weight excluding hydrogens is 262 g/mol. The molecule has 1 aromatic carbocycles. The van der Waals surface area contributed by atoms with Gasteiger partial charge in [0.25, 0.3) is 0 Å². The molecule has 0 aliphatic heterocycles. The Morgan fingerprint density at radius 3 is 2.20 bits per heavy atom. The van der Waals surface area contributed by atoms with Gasteiger partial charge in [-0.1, -0.05) is 18.2 Å². The zero-order valence-corrected chi connectivity index (χ0v) is 11.2. The van der Waals surface area contributed by atoms with E-state index in [1.807, 2.05) is 0 Å². The monoisotopic (exact) mass is 279 g/mol. The molecule has 0 aliphatic rings. The van der Waals surface area contributed by atoms with Gasteiger partial charge in [0, 0.05) is 12.2 Å². The second-order valence-electron chi connectivity index (χ2n) is 4.08. The van der Waals surface area contributed by atoms with Crippen LogP contribution in [0.4, 0.5) is 10.5 Å². The molecule has 0 unspecified atom stereocenters. The van der Waals surface area contributed by atoms with Crippen molar-refractivity contribution in [3.05, 3.63) is 30.3 Å². The molecule has 0 atom stereocenters. The summed E-state index contributed by atoms with van der Waals surface area (Å²) in [5, 5.41) is 8.93. The lowest BCUT2D eigenvalue weighted by Gasteiger charge is -2.28. The molecule has 20 heavy (non-hydrogen) atoms. The molecule has 0 fully saturated rings. The van der Waals surface area contributed by atoms with Crippen molar-refractivity contribution in [3.63, 3.8) is 0 Å². The number of hydrogen-bond acceptors (Lipinski definition) is 3. The molecule has 0 radical (unpaired) electrons. The van der Waals surface area contributed by atoms with Gasteiger partial charge in [0.1, 0.15) is 13.1 Å². The molecule has 1 aromatic rings. The summed E-state index contributed by atoms with van der Waals surface area (Å²) in [6.07, 6.45) is 0. The molecule has 0 saturated heterocycles. The Bertz CT molecular complexity index is 490. The summed E-state index contributed by atoms with van der Waals surface area (Å²) in [6.45, 7) is 1.20. The Balaban J connectivity index is 3.01. The number of carboxylic acids is 1. The molecule has 0 spiro atoms. The number of para-hydroxylation sites is 1. The first kappa shape index (κ1) is 15.5. The number of hydrogen-bond donors (Lipinski definition) is 2. The van der Waals surface area contributed by atoms with E-state index in [1.54, 1.807) is 37.3 Å². The number of urea groups is 1. The number of primary amides is 1. The van der Waals surface area contributed by atoms with Crippen molar-refractivity contribution < 1.29 is 19.5 Å². The smallest absolute Gasteiger partial charge is 0.325 e. The topological polar surface area (TPSA) is 104 Å². The maximum Gasteiger partial charge on any atom is 0.325 e. The van der Waals surface area contributed by atoms with Crippen LogP contribution in [0.5, 0.6) is 0 Å². The normalized spacial score (nSPS) is 9.85. The van der Waals surface area contributed by atoms with Crippen LogP contribution >= 0.6 is 0 Å². The van der Waals surface area contributed by atoms with Crippen molar-refractivity contribution in [3.8, 4) is 0 Å². The van der Waals surface area contributed by atoms with E-state index in [9.17, 15) is 14.4 Å². The Morgan fingerprint density at radius 2 is 1.75 bits per heavy atom. The van der Waals surface area contributed by atoms with Crippen molar-refractivity contribution >= 4 is 23.6 Å². The van der Waals surface area contributed by atoms with Crippen LogP contribution < -0.4 is 10.6 Å². The molecule has 1 rings (SSSR count). The first-order chi connectivity index (χ1) is 9.45. The summed E-state index contributed by atoms with van der Waals surface area (Å²) in [4.78, 5) is 36.5. The van der Waals surface area contributed by atoms with Gasteiger partial charge in [-0.15, -0.1) is 0 Å². The minimum atomic E-state index is -1.14. The molecule has 0 saturated carbocycles.